The standard InChI is InChI=1S/C30H43BN4O8.C12H12BN3O5.C2H3N3O2/c1-27(2,3)40-25(37)19-12-10-11-17(24(19)39-26(38)41-28(4,5)6)13-22(34-23(36)16-33-35-32)31-42-21-15-18-14-20(29(18,7)8)30(21,9)43-31;14-16-15-6-9(17)5-8-4-7-2-1-3-10(12(18)19)11(7)21-13(8)20;3-5-4-1-2(6)7/h10-12,18,20-22H,13-16H2,1-9H3,(H,34,36);1-3,8,20H,4-6H2,(H,18,19);1H2,(H,6,7)/t18-,20-,21?,22-,30-;8-;/m01./s1. The second-order valence-electron chi connectivity index (χ2n) is 20.0. The van der Waals surface area contributed by atoms with Crippen molar-refractivity contribution in [2.45, 2.75) is 129 Å². The Morgan fingerprint density at radius 2 is 1.46 bits per heavy atom. The number of rotatable bonds is 15. The van der Waals surface area contributed by atoms with Gasteiger partial charge in [0.05, 0.1) is 29.8 Å². The minimum absolute atomic E-state index is 0.00305. The number of nitrogens with zero attached hydrogens (tertiary/aromatic N) is 9. The Balaban J connectivity index is 0.000000322. The number of hydrogen-bond acceptors (Lipinski definition) is 16. The number of fused-ring (bicyclic) bond motifs is 1. The molecule has 4 fully saturated rings. The fourth-order valence-electron chi connectivity index (χ4n) is 8.97. The van der Waals surface area contributed by atoms with Gasteiger partial charge in [0.15, 0.2) is 5.75 Å². The predicted octanol–water partition coefficient (Wildman–Crippen LogP) is 7.38. The first-order chi connectivity index (χ1) is 33.1. The van der Waals surface area contributed by atoms with Gasteiger partial charge in [0.2, 0.25) is 5.91 Å². The molecule has 7 rings (SSSR count). The van der Waals surface area contributed by atoms with Crippen LogP contribution in [0.15, 0.2) is 51.7 Å². The second-order valence-corrected chi connectivity index (χ2v) is 20.0. The smallest absolute Gasteiger partial charge is 0.526 e. The Bertz CT molecular complexity index is 2500. The zero-order valence-corrected chi connectivity index (χ0v) is 40.9. The Morgan fingerprint density at radius 1 is 0.859 bits per heavy atom. The van der Waals surface area contributed by atoms with Crippen molar-refractivity contribution >= 4 is 50.0 Å². The maximum absolute atomic E-state index is 13.2. The van der Waals surface area contributed by atoms with Gasteiger partial charge in [0, 0.05) is 27.0 Å². The minimum atomic E-state index is -1.27. The molecular formula is C44H58B2N10O15. The average Bonchev–Trinajstić information content (AvgIpc) is 3.63. The zero-order valence-electron chi connectivity index (χ0n) is 40.9. The molecule has 1 unspecified atom stereocenters. The van der Waals surface area contributed by atoms with Crippen LogP contribution in [0.3, 0.4) is 0 Å². The number of aromatic carboxylic acids is 1. The fourth-order valence-corrected chi connectivity index (χ4v) is 8.97. The van der Waals surface area contributed by atoms with Crippen LogP contribution in [0.4, 0.5) is 4.79 Å². The molecule has 0 radical (unpaired) electrons. The molecule has 0 aromatic heterocycles. The highest BCUT2D eigenvalue weighted by atomic mass is 16.7. The molecule has 27 heteroatoms. The summed E-state index contributed by atoms with van der Waals surface area (Å²) in [6.45, 7) is 15.7. The normalized spacial score (nSPS) is 21.4. The monoisotopic (exact) mass is 988 g/mol. The molecule has 71 heavy (non-hydrogen) atoms. The molecule has 2 heterocycles. The number of carboxylic acid groups (broad SMARTS) is 2. The maximum atomic E-state index is 13.2. The van der Waals surface area contributed by atoms with Crippen LogP contribution in [0, 0.1) is 17.3 Å². The molecule has 1 saturated heterocycles. The molecule has 0 spiro atoms. The van der Waals surface area contributed by atoms with E-state index in [9.17, 15) is 33.8 Å². The van der Waals surface area contributed by atoms with E-state index in [1.807, 2.05) is 0 Å². The van der Waals surface area contributed by atoms with E-state index in [0.717, 1.165) is 12.8 Å². The number of carboxylic acids is 2. The van der Waals surface area contributed by atoms with E-state index >= 15 is 0 Å². The van der Waals surface area contributed by atoms with Crippen molar-refractivity contribution in [3.8, 4) is 11.5 Å². The minimum Gasteiger partial charge on any atom is -0.535 e. The van der Waals surface area contributed by atoms with Crippen LogP contribution >= 0.6 is 0 Å². The van der Waals surface area contributed by atoms with Gasteiger partial charge in [-0.3, -0.25) is 14.4 Å². The summed E-state index contributed by atoms with van der Waals surface area (Å²) >= 11 is 0. The first kappa shape index (κ1) is 56.6. The summed E-state index contributed by atoms with van der Waals surface area (Å²) in [6.07, 6.45) is 1.12. The third-order valence-electron chi connectivity index (χ3n) is 12.2. The lowest BCUT2D eigenvalue weighted by molar-refractivity contribution is -0.199. The van der Waals surface area contributed by atoms with Crippen LogP contribution in [-0.2, 0) is 46.0 Å². The van der Waals surface area contributed by atoms with Gasteiger partial charge in [0.25, 0.3) is 0 Å². The third-order valence-corrected chi connectivity index (χ3v) is 12.2. The Labute approximate surface area is 409 Å². The van der Waals surface area contributed by atoms with Gasteiger partial charge < -0.3 is 48.7 Å². The molecule has 5 aliphatic rings. The van der Waals surface area contributed by atoms with E-state index in [0.29, 0.717) is 23.5 Å². The number of amides is 1. The Morgan fingerprint density at radius 3 is 2.04 bits per heavy atom. The SMILES string of the molecule is CC(C)(C)OC(=O)Oc1c(C[C@H](NC(=O)CN=[N+]=[N-])B2OC3C[C@@H]4C[C@@H](C4(C)C)[C@]3(C)O2)cccc1C(=O)OC(C)(C)C.[N-]=[N+]=NCC(=O)C[C@H]1Cc2cccc(C(=O)O)c2OB1O.[N-]=[N+]=NCC(=O)O. The lowest BCUT2D eigenvalue weighted by Gasteiger charge is -2.64. The summed E-state index contributed by atoms with van der Waals surface area (Å²) in [5.74, 6) is -4.16. The number of Topliss-reactive ketones (excluding diaryl/α,β-unsaturated/α-hetero) is 1. The first-order valence-corrected chi connectivity index (χ1v) is 22.5. The van der Waals surface area contributed by atoms with Crippen molar-refractivity contribution in [1.82, 2.24) is 5.32 Å². The number of ether oxygens (including phenoxy) is 3. The van der Waals surface area contributed by atoms with Crippen molar-refractivity contribution in [2.24, 2.45) is 32.6 Å². The number of para-hydroxylation sites is 2. The summed E-state index contributed by atoms with van der Waals surface area (Å²) < 4.78 is 35.0. The van der Waals surface area contributed by atoms with Gasteiger partial charge >= 0.3 is 38.3 Å². The molecule has 2 aromatic rings. The highest BCUT2D eigenvalue weighted by Crippen LogP contribution is 2.65. The van der Waals surface area contributed by atoms with Crippen molar-refractivity contribution in [2.75, 3.05) is 19.6 Å². The largest absolute Gasteiger partial charge is 0.535 e. The van der Waals surface area contributed by atoms with Gasteiger partial charge in [-0.2, -0.15) is 0 Å². The molecule has 25 nitrogen and oxygen atoms in total. The van der Waals surface area contributed by atoms with Crippen molar-refractivity contribution in [3.05, 3.63) is 90.0 Å². The van der Waals surface area contributed by atoms with Crippen LogP contribution in [0.2, 0.25) is 5.82 Å². The molecule has 3 aliphatic carbocycles. The summed E-state index contributed by atoms with van der Waals surface area (Å²) in [6, 6.07) is 9.50. The second kappa shape index (κ2) is 23.7. The number of aliphatic carboxylic acids is 1. The van der Waals surface area contributed by atoms with Crippen LogP contribution in [0.25, 0.3) is 31.3 Å². The van der Waals surface area contributed by atoms with E-state index < -0.39 is 85.9 Å². The van der Waals surface area contributed by atoms with Crippen LogP contribution in [-0.4, -0.2) is 114 Å². The quantitative estimate of drug-likeness (QED) is 0.0337. The van der Waals surface area contributed by atoms with Gasteiger partial charge in [-0.15, -0.1) is 0 Å². The number of carbonyl (C=O) groups excluding carboxylic acids is 4. The van der Waals surface area contributed by atoms with Gasteiger partial charge in [-0.05, 0) is 131 Å². The molecule has 1 amide bonds. The number of esters is 1. The molecule has 6 atom stereocenters. The van der Waals surface area contributed by atoms with E-state index in [1.54, 1.807) is 65.8 Å². The lowest BCUT2D eigenvalue weighted by Crippen LogP contribution is -2.65. The molecule has 2 bridgehead atoms. The maximum Gasteiger partial charge on any atom is 0.526 e. The van der Waals surface area contributed by atoms with Crippen molar-refractivity contribution in [1.29, 1.82) is 0 Å². The van der Waals surface area contributed by atoms with E-state index in [4.69, 9.17) is 55.0 Å². The number of benzene rings is 2. The average molecular weight is 989 g/mol. The highest BCUT2D eigenvalue weighted by Gasteiger charge is 2.68. The summed E-state index contributed by atoms with van der Waals surface area (Å²) in [5.41, 5.74) is 23.4. The van der Waals surface area contributed by atoms with E-state index in [-0.39, 0.29) is 65.2 Å². The van der Waals surface area contributed by atoms with E-state index in [1.165, 1.54) is 12.1 Å². The molecular weight excluding hydrogens is 930 g/mol. The van der Waals surface area contributed by atoms with E-state index in [2.05, 4.69) is 56.2 Å². The predicted molar refractivity (Wildman–Crippen MR) is 253 cm³/mol. The summed E-state index contributed by atoms with van der Waals surface area (Å²) in [5, 5.41) is 39.0. The number of carbonyl (C=O) groups is 6. The van der Waals surface area contributed by atoms with Crippen molar-refractivity contribution in [3.63, 3.8) is 0 Å². The van der Waals surface area contributed by atoms with Crippen LogP contribution in [0.1, 0.15) is 113 Å². The van der Waals surface area contributed by atoms with Crippen LogP contribution < -0.4 is 14.7 Å². The first-order valence-electron chi connectivity index (χ1n) is 22.5. The van der Waals surface area contributed by atoms with Crippen molar-refractivity contribution < 1.29 is 72.2 Å². The number of hydrogen-bond donors (Lipinski definition) is 4. The summed E-state index contributed by atoms with van der Waals surface area (Å²) in [7, 11) is -2.12. The van der Waals surface area contributed by atoms with Gasteiger partial charge in [-0.25, -0.2) is 14.4 Å². The van der Waals surface area contributed by atoms with Gasteiger partial charge in [0.1, 0.15) is 41.4 Å². The highest BCUT2D eigenvalue weighted by molar-refractivity contribution is 6.48. The topological polar surface area (TPSA) is 377 Å². The lowest BCUT2D eigenvalue weighted by atomic mass is 9.43. The summed E-state index contributed by atoms with van der Waals surface area (Å²) in [4.78, 5) is 78.4. The molecule has 380 valence electrons. The number of azide groups is 3. The van der Waals surface area contributed by atoms with Crippen LogP contribution in [0.5, 0.6) is 11.5 Å². The van der Waals surface area contributed by atoms with Gasteiger partial charge in [-0.1, -0.05) is 53.5 Å². The third kappa shape index (κ3) is 15.2. The fraction of sp³-hybridized carbons (Fsp3) is 0.591. The molecule has 2 aliphatic heterocycles. The Kier molecular flexibility index (Phi) is 18.9. The number of nitrogens with one attached hydrogen (secondary N) is 1. The number of ketones is 1. The molecule has 3 saturated carbocycles. The Hall–Kier alpha value is -7.00. The molecule has 2 aromatic carbocycles. The zero-order chi connectivity index (χ0) is 53.1. The molecule has 4 N–H and O–H groups in total.